The zero-order valence-electron chi connectivity index (χ0n) is 6.26. The van der Waals surface area contributed by atoms with E-state index in [9.17, 15) is 0 Å². The van der Waals surface area contributed by atoms with Gasteiger partial charge in [-0.05, 0) is 6.92 Å². The second kappa shape index (κ2) is 2.30. The number of aryl methyl sites for hydroxylation is 2. The molecule has 0 aliphatic heterocycles. The van der Waals surface area contributed by atoms with E-state index in [2.05, 4.69) is 5.10 Å². The van der Waals surface area contributed by atoms with Crippen LogP contribution in [-0.4, -0.2) is 9.78 Å². The molecule has 4 N–H and O–H groups in total. The summed E-state index contributed by atoms with van der Waals surface area (Å²) < 4.78 is 1.71. The molecule has 1 rings (SSSR count). The van der Waals surface area contributed by atoms with Crippen molar-refractivity contribution < 1.29 is 0 Å². The lowest BCUT2D eigenvalue weighted by Gasteiger charge is -1.96. The molecular formula is C6H12N4. The van der Waals surface area contributed by atoms with Crippen LogP contribution in [0.2, 0.25) is 0 Å². The third kappa shape index (κ3) is 0.863. The van der Waals surface area contributed by atoms with Crippen molar-refractivity contribution in [1.82, 2.24) is 9.78 Å². The predicted molar refractivity (Wildman–Crippen MR) is 40.2 cm³/mol. The third-order valence-corrected chi connectivity index (χ3v) is 1.58. The van der Waals surface area contributed by atoms with Gasteiger partial charge in [-0.1, -0.05) is 0 Å². The molecule has 0 saturated heterocycles. The summed E-state index contributed by atoms with van der Waals surface area (Å²) in [5, 5.41) is 4.09. The summed E-state index contributed by atoms with van der Waals surface area (Å²) in [6, 6.07) is 0. The number of nitrogens with zero attached hydrogens (tertiary/aromatic N) is 2. The first-order chi connectivity index (χ1) is 4.66. The Kier molecular flexibility index (Phi) is 1.63. The van der Waals surface area contributed by atoms with Gasteiger partial charge in [-0.3, -0.25) is 4.68 Å². The van der Waals surface area contributed by atoms with Crippen LogP contribution in [-0.2, 0) is 13.6 Å². The molecule has 0 unspecified atom stereocenters. The van der Waals surface area contributed by atoms with Gasteiger partial charge in [0.25, 0.3) is 0 Å². The maximum absolute atomic E-state index is 5.65. The number of nitrogen functional groups attached to an aromatic ring is 1. The standard InChI is InChI=1S/C6H12N4/c1-4-6(8)5(3-7)10(2)9-4/h3,7-8H2,1-2H3. The fourth-order valence-electron chi connectivity index (χ4n) is 0.964. The molecule has 1 aromatic rings. The number of hydrogen-bond donors (Lipinski definition) is 2. The van der Waals surface area contributed by atoms with Crippen LogP contribution in [0.25, 0.3) is 0 Å². The first-order valence-electron chi connectivity index (χ1n) is 3.14. The normalized spacial score (nSPS) is 10.3. The first-order valence-corrected chi connectivity index (χ1v) is 3.14. The van der Waals surface area contributed by atoms with Gasteiger partial charge in [-0.25, -0.2) is 0 Å². The van der Waals surface area contributed by atoms with E-state index in [4.69, 9.17) is 11.5 Å². The van der Waals surface area contributed by atoms with Gasteiger partial charge in [-0.2, -0.15) is 5.10 Å². The van der Waals surface area contributed by atoms with Crippen LogP contribution >= 0.6 is 0 Å². The van der Waals surface area contributed by atoms with Gasteiger partial charge in [-0.15, -0.1) is 0 Å². The van der Waals surface area contributed by atoms with Crippen molar-refractivity contribution in [3.63, 3.8) is 0 Å². The van der Waals surface area contributed by atoms with Gasteiger partial charge in [0.2, 0.25) is 0 Å². The zero-order valence-corrected chi connectivity index (χ0v) is 6.26. The maximum Gasteiger partial charge on any atom is 0.0826 e. The SMILES string of the molecule is Cc1nn(C)c(CN)c1N. The molecule has 56 valence electrons. The summed E-state index contributed by atoms with van der Waals surface area (Å²) in [7, 11) is 1.84. The minimum Gasteiger partial charge on any atom is -0.396 e. The van der Waals surface area contributed by atoms with Crippen LogP contribution in [0.15, 0.2) is 0 Å². The highest BCUT2D eigenvalue weighted by Gasteiger charge is 2.06. The molecule has 4 heteroatoms. The highest BCUT2D eigenvalue weighted by molar-refractivity contribution is 5.47. The number of rotatable bonds is 1. The molecule has 1 heterocycles. The van der Waals surface area contributed by atoms with Gasteiger partial charge in [0.15, 0.2) is 0 Å². The predicted octanol–water partition coefficient (Wildman–Crippen LogP) is -0.231. The lowest BCUT2D eigenvalue weighted by Crippen LogP contribution is -2.06. The molecule has 0 radical (unpaired) electrons. The van der Waals surface area contributed by atoms with Crippen LogP contribution in [0.3, 0.4) is 0 Å². The monoisotopic (exact) mass is 140 g/mol. The zero-order chi connectivity index (χ0) is 7.72. The Hall–Kier alpha value is -1.03. The average Bonchev–Trinajstić information content (AvgIpc) is 2.09. The van der Waals surface area contributed by atoms with Crippen molar-refractivity contribution in [2.45, 2.75) is 13.5 Å². The lowest BCUT2D eigenvalue weighted by atomic mass is 10.3. The highest BCUT2D eigenvalue weighted by Crippen LogP contribution is 2.13. The summed E-state index contributed by atoms with van der Waals surface area (Å²) in [5.74, 6) is 0. The molecule has 0 amide bonds. The van der Waals surface area contributed by atoms with E-state index in [1.54, 1.807) is 4.68 Å². The summed E-state index contributed by atoms with van der Waals surface area (Å²) in [6.07, 6.45) is 0. The minimum absolute atomic E-state index is 0.448. The largest absolute Gasteiger partial charge is 0.396 e. The van der Waals surface area contributed by atoms with Crippen molar-refractivity contribution in [2.75, 3.05) is 5.73 Å². The van der Waals surface area contributed by atoms with Crippen LogP contribution in [0.4, 0.5) is 5.69 Å². The van der Waals surface area contributed by atoms with Crippen molar-refractivity contribution in [3.05, 3.63) is 11.4 Å². The average molecular weight is 140 g/mol. The van der Waals surface area contributed by atoms with Crippen LogP contribution in [0.5, 0.6) is 0 Å². The molecule has 4 nitrogen and oxygen atoms in total. The molecule has 1 aromatic heterocycles. The Balaban J connectivity index is 3.20. The Morgan fingerprint density at radius 1 is 1.60 bits per heavy atom. The topological polar surface area (TPSA) is 69.9 Å². The molecule has 10 heavy (non-hydrogen) atoms. The summed E-state index contributed by atoms with van der Waals surface area (Å²) in [5.41, 5.74) is 13.5. The van der Waals surface area contributed by atoms with Crippen LogP contribution in [0, 0.1) is 6.92 Å². The molecular weight excluding hydrogens is 128 g/mol. The van der Waals surface area contributed by atoms with E-state index in [0.29, 0.717) is 12.2 Å². The molecule has 0 spiro atoms. The summed E-state index contributed by atoms with van der Waals surface area (Å²) in [4.78, 5) is 0. The van der Waals surface area contributed by atoms with E-state index in [-0.39, 0.29) is 0 Å². The fraction of sp³-hybridized carbons (Fsp3) is 0.500. The second-order valence-electron chi connectivity index (χ2n) is 2.27. The molecule has 0 aliphatic rings. The molecule has 0 bridgehead atoms. The Morgan fingerprint density at radius 2 is 2.20 bits per heavy atom. The number of aromatic nitrogens is 2. The summed E-state index contributed by atoms with van der Waals surface area (Å²) in [6.45, 7) is 2.32. The van der Waals surface area contributed by atoms with Gasteiger partial charge in [0, 0.05) is 13.6 Å². The van der Waals surface area contributed by atoms with Gasteiger partial charge in [0.1, 0.15) is 0 Å². The maximum atomic E-state index is 5.65. The Morgan fingerprint density at radius 3 is 2.40 bits per heavy atom. The van der Waals surface area contributed by atoms with Crippen molar-refractivity contribution >= 4 is 5.69 Å². The second-order valence-corrected chi connectivity index (χ2v) is 2.27. The third-order valence-electron chi connectivity index (χ3n) is 1.58. The van der Waals surface area contributed by atoms with Crippen molar-refractivity contribution in [1.29, 1.82) is 0 Å². The number of hydrogen-bond acceptors (Lipinski definition) is 3. The molecule has 0 saturated carbocycles. The molecule has 0 fully saturated rings. The molecule has 0 aliphatic carbocycles. The van der Waals surface area contributed by atoms with E-state index in [0.717, 1.165) is 11.4 Å². The van der Waals surface area contributed by atoms with Gasteiger partial charge < -0.3 is 11.5 Å². The summed E-state index contributed by atoms with van der Waals surface area (Å²) >= 11 is 0. The van der Waals surface area contributed by atoms with E-state index in [1.807, 2.05) is 14.0 Å². The highest BCUT2D eigenvalue weighted by atomic mass is 15.3. The molecule has 0 atom stereocenters. The first kappa shape index (κ1) is 7.08. The van der Waals surface area contributed by atoms with E-state index >= 15 is 0 Å². The van der Waals surface area contributed by atoms with Gasteiger partial charge >= 0.3 is 0 Å². The number of nitrogens with two attached hydrogens (primary N) is 2. The Labute approximate surface area is 59.8 Å². The van der Waals surface area contributed by atoms with E-state index < -0.39 is 0 Å². The molecule has 0 aromatic carbocycles. The van der Waals surface area contributed by atoms with Crippen molar-refractivity contribution in [2.24, 2.45) is 12.8 Å². The number of anilines is 1. The van der Waals surface area contributed by atoms with Crippen LogP contribution in [0.1, 0.15) is 11.4 Å². The van der Waals surface area contributed by atoms with Crippen LogP contribution < -0.4 is 11.5 Å². The van der Waals surface area contributed by atoms with Crippen molar-refractivity contribution in [3.8, 4) is 0 Å². The minimum atomic E-state index is 0.448. The quantitative estimate of drug-likeness (QED) is 0.566. The fourth-order valence-corrected chi connectivity index (χ4v) is 0.964. The Bertz CT molecular complexity index is 238. The smallest absolute Gasteiger partial charge is 0.0826 e. The van der Waals surface area contributed by atoms with E-state index in [1.165, 1.54) is 0 Å². The van der Waals surface area contributed by atoms with Gasteiger partial charge in [0.05, 0.1) is 17.1 Å². The lowest BCUT2D eigenvalue weighted by molar-refractivity contribution is 0.706.